The number of aliphatic hydroxyl groups excluding tert-OH is 1. The molecule has 1 fully saturated rings. The van der Waals surface area contributed by atoms with Crippen molar-refractivity contribution in [2.45, 2.75) is 57.4 Å². The van der Waals surface area contributed by atoms with Gasteiger partial charge in [-0.15, -0.1) is 0 Å². The first-order valence-corrected chi connectivity index (χ1v) is 17.8. The van der Waals surface area contributed by atoms with E-state index in [9.17, 15) is 20.3 Å². The van der Waals surface area contributed by atoms with E-state index in [0.717, 1.165) is 41.6 Å². The number of carboxylic acids is 1. The first kappa shape index (κ1) is 36.4. The number of nitrogens with zero attached hydrogens (tertiary/aromatic N) is 3. The van der Waals surface area contributed by atoms with Crippen molar-refractivity contribution in [3.8, 4) is 34.4 Å². The van der Waals surface area contributed by atoms with E-state index in [-0.39, 0.29) is 19.3 Å². The van der Waals surface area contributed by atoms with E-state index in [1.165, 1.54) is 32.6 Å². The van der Waals surface area contributed by atoms with Gasteiger partial charge in [0.05, 0.1) is 28.8 Å². The van der Waals surface area contributed by atoms with Crippen LogP contribution >= 0.6 is 23.2 Å². The number of carbonyl (C=O) groups is 1. The minimum atomic E-state index is -1.59. The summed E-state index contributed by atoms with van der Waals surface area (Å²) >= 11 is 13.7. The largest absolute Gasteiger partial charge is 0.492 e. The molecule has 0 spiro atoms. The van der Waals surface area contributed by atoms with Crippen molar-refractivity contribution in [3.05, 3.63) is 105 Å². The lowest BCUT2D eigenvalue weighted by Gasteiger charge is -2.30. The fourth-order valence-corrected chi connectivity index (χ4v) is 6.78. The summed E-state index contributed by atoms with van der Waals surface area (Å²) in [6, 6.07) is 19.1. The topological polar surface area (TPSA) is 137 Å². The summed E-state index contributed by atoms with van der Waals surface area (Å²) in [6.45, 7) is 4.87. The van der Waals surface area contributed by atoms with Gasteiger partial charge in [0.25, 0.3) is 0 Å². The third-order valence-corrected chi connectivity index (χ3v) is 10.1. The SMILES string of the molecule is C[C@@](CO)(NCc1cc(Cl)c(O[C@H]2CCc3c(-c4cccc(OCCCN5CCC5)c4Cl)cccc32)cc1OCc1cncc(C#N)c1)C(=O)O. The minimum Gasteiger partial charge on any atom is -0.492 e. The number of rotatable bonds is 16. The Morgan fingerprint density at radius 3 is 2.63 bits per heavy atom. The van der Waals surface area contributed by atoms with Crippen LogP contribution in [0, 0.1) is 11.3 Å². The monoisotopic (exact) mass is 730 g/mol. The van der Waals surface area contributed by atoms with Crippen LogP contribution in [0.2, 0.25) is 10.0 Å². The summed E-state index contributed by atoms with van der Waals surface area (Å²) in [4.78, 5) is 18.4. The van der Waals surface area contributed by atoms with Crippen LogP contribution in [0.25, 0.3) is 11.1 Å². The highest BCUT2D eigenvalue weighted by molar-refractivity contribution is 6.35. The second-order valence-electron chi connectivity index (χ2n) is 13.1. The van der Waals surface area contributed by atoms with Gasteiger partial charge >= 0.3 is 5.97 Å². The average Bonchev–Trinajstić information content (AvgIpc) is 3.53. The van der Waals surface area contributed by atoms with Gasteiger partial charge in [0.2, 0.25) is 0 Å². The van der Waals surface area contributed by atoms with Gasteiger partial charge in [-0.3, -0.25) is 15.1 Å². The van der Waals surface area contributed by atoms with Crippen LogP contribution in [-0.2, 0) is 24.4 Å². The van der Waals surface area contributed by atoms with E-state index in [1.807, 2.05) is 24.3 Å². The number of pyridine rings is 1. The molecule has 266 valence electrons. The molecule has 3 N–H and O–H groups in total. The molecule has 2 aliphatic rings. The van der Waals surface area contributed by atoms with Gasteiger partial charge in [-0.05, 0) is 80.6 Å². The molecule has 0 bridgehead atoms. The summed E-state index contributed by atoms with van der Waals surface area (Å²) in [5.74, 6) is 0.274. The van der Waals surface area contributed by atoms with E-state index in [4.69, 9.17) is 37.4 Å². The second kappa shape index (κ2) is 16.3. The van der Waals surface area contributed by atoms with E-state index < -0.39 is 18.1 Å². The number of fused-ring (bicyclic) bond motifs is 1. The highest BCUT2D eigenvalue weighted by Crippen LogP contribution is 2.45. The molecule has 3 aromatic carbocycles. The summed E-state index contributed by atoms with van der Waals surface area (Å²) in [5.41, 5.74) is 4.17. The van der Waals surface area contributed by atoms with E-state index in [1.54, 1.807) is 24.4 Å². The molecular formula is C39H40Cl2N4O6. The van der Waals surface area contributed by atoms with Crippen LogP contribution in [-0.4, -0.2) is 64.5 Å². The van der Waals surface area contributed by atoms with Crippen molar-refractivity contribution in [1.82, 2.24) is 15.2 Å². The Morgan fingerprint density at radius 2 is 1.88 bits per heavy atom. The fourth-order valence-electron chi connectivity index (χ4n) is 6.27. The van der Waals surface area contributed by atoms with Gasteiger partial charge in [-0.25, -0.2) is 0 Å². The quantitative estimate of drug-likeness (QED) is 0.104. The zero-order valence-electron chi connectivity index (χ0n) is 28.3. The normalized spacial score (nSPS) is 16.4. The molecule has 1 saturated heterocycles. The number of aliphatic hydroxyl groups is 1. The van der Waals surface area contributed by atoms with Gasteiger partial charge in [-0.2, -0.15) is 5.26 Å². The minimum absolute atomic E-state index is 0.0345. The molecule has 2 atom stereocenters. The fraction of sp³-hybridized carbons (Fsp3) is 0.359. The number of carboxylic acid groups (broad SMARTS) is 1. The van der Waals surface area contributed by atoms with Crippen molar-refractivity contribution < 1.29 is 29.2 Å². The molecule has 6 rings (SSSR count). The van der Waals surface area contributed by atoms with Gasteiger partial charge in [0.1, 0.15) is 41.6 Å². The van der Waals surface area contributed by atoms with E-state index in [2.05, 4.69) is 33.4 Å². The third-order valence-electron chi connectivity index (χ3n) is 9.45. The molecule has 0 saturated carbocycles. The number of aromatic nitrogens is 1. The van der Waals surface area contributed by atoms with Crippen molar-refractivity contribution in [2.24, 2.45) is 0 Å². The van der Waals surface area contributed by atoms with Gasteiger partial charge in [-0.1, -0.05) is 53.5 Å². The van der Waals surface area contributed by atoms with Crippen molar-refractivity contribution in [2.75, 3.05) is 32.8 Å². The smallest absolute Gasteiger partial charge is 0.326 e. The molecular weight excluding hydrogens is 691 g/mol. The Bertz CT molecular complexity index is 1930. The van der Waals surface area contributed by atoms with Crippen LogP contribution in [0.4, 0.5) is 0 Å². The number of halogens is 2. The summed E-state index contributed by atoms with van der Waals surface area (Å²) in [5, 5.41) is 32.5. The number of nitrogens with one attached hydrogen (secondary N) is 1. The molecule has 1 aromatic heterocycles. The first-order chi connectivity index (χ1) is 24.7. The van der Waals surface area contributed by atoms with Crippen molar-refractivity contribution >= 4 is 29.2 Å². The van der Waals surface area contributed by atoms with Crippen LogP contribution in [0.5, 0.6) is 17.2 Å². The Morgan fingerprint density at radius 1 is 1.08 bits per heavy atom. The van der Waals surface area contributed by atoms with Crippen LogP contribution in [0.3, 0.4) is 0 Å². The van der Waals surface area contributed by atoms with E-state index >= 15 is 0 Å². The summed E-state index contributed by atoms with van der Waals surface area (Å²) in [6.07, 6.45) is 6.48. The zero-order chi connectivity index (χ0) is 36.0. The van der Waals surface area contributed by atoms with Crippen molar-refractivity contribution in [3.63, 3.8) is 0 Å². The maximum absolute atomic E-state index is 11.8. The second-order valence-corrected chi connectivity index (χ2v) is 13.8. The predicted octanol–water partition coefficient (Wildman–Crippen LogP) is 6.97. The lowest BCUT2D eigenvalue weighted by Crippen LogP contribution is -2.52. The average molecular weight is 732 g/mol. The zero-order valence-corrected chi connectivity index (χ0v) is 29.8. The number of benzene rings is 3. The maximum atomic E-state index is 11.8. The Hall–Kier alpha value is -4.37. The molecule has 2 heterocycles. The van der Waals surface area contributed by atoms with Gasteiger partial charge in [0.15, 0.2) is 0 Å². The molecule has 0 radical (unpaired) electrons. The molecule has 1 aliphatic carbocycles. The van der Waals surface area contributed by atoms with Crippen LogP contribution < -0.4 is 19.5 Å². The van der Waals surface area contributed by atoms with Gasteiger partial charge in [0, 0.05) is 48.2 Å². The molecule has 0 amide bonds. The molecule has 0 unspecified atom stereocenters. The Kier molecular flexibility index (Phi) is 11.7. The predicted molar refractivity (Wildman–Crippen MR) is 194 cm³/mol. The maximum Gasteiger partial charge on any atom is 0.326 e. The standard InChI is InChI=1S/C39H40Cl2N4O6/c1-39(24-46,38(47)48)44-22-27-17-32(40)36(18-35(27)50-23-26-16-25(19-42)20-43-21-26)51-33-11-10-29-28(6-2-7-30(29)33)31-8-3-9-34(37(31)41)49-15-5-14-45-12-4-13-45/h2-3,6-9,16-18,20-21,33,44,46H,4-5,10-15,22-24H2,1H3,(H,47,48)/t33-,39-/m0/s1. The number of likely N-dealkylation sites (tertiary alicyclic amines) is 1. The molecule has 51 heavy (non-hydrogen) atoms. The first-order valence-electron chi connectivity index (χ1n) is 17.0. The third kappa shape index (κ3) is 8.41. The Labute approximate surface area is 307 Å². The van der Waals surface area contributed by atoms with Gasteiger partial charge < -0.3 is 29.3 Å². The molecule has 4 aromatic rings. The molecule has 1 aliphatic heterocycles. The van der Waals surface area contributed by atoms with Crippen LogP contribution in [0.15, 0.2) is 67.0 Å². The molecule has 12 heteroatoms. The van der Waals surface area contributed by atoms with Crippen LogP contribution in [0.1, 0.15) is 60.1 Å². The Balaban J connectivity index is 1.23. The highest BCUT2D eigenvalue weighted by Gasteiger charge is 2.33. The number of nitriles is 1. The summed E-state index contributed by atoms with van der Waals surface area (Å²) < 4.78 is 18.9. The lowest BCUT2D eigenvalue weighted by atomic mass is 9.96. The number of aliphatic carboxylic acids is 1. The highest BCUT2D eigenvalue weighted by atomic mass is 35.5. The number of hydrogen-bond acceptors (Lipinski definition) is 9. The molecule has 10 nitrogen and oxygen atoms in total. The number of hydrogen-bond donors (Lipinski definition) is 3. The van der Waals surface area contributed by atoms with E-state index in [0.29, 0.717) is 57.0 Å². The lowest BCUT2D eigenvalue weighted by molar-refractivity contribution is -0.145. The number of ether oxygens (including phenoxy) is 3. The van der Waals surface area contributed by atoms with Crippen molar-refractivity contribution in [1.29, 1.82) is 5.26 Å². The summed E-state index contributed by atoms with van der Waals surface area (Å²) in [7, 11) is 0.